The van der Waals surface area contributed by atoms with Crippen molar-refractivity contribution in [2.24, 2.45) is 53.1 Å². The maximum Gasteiger partial charge on any atom is 0.246 e. The lowest BCUT2D eigenvalue weighted by Crippen LogP contribution is -2.63. The minimum atomic E-state index is -1.60. The highest BCUT2D eigenvalue weighted by molar-refractivity contribution is 5.99. The number of amides is 11. The molecule has 23 heteroatoms. The van der Waals surface area contributed by atoms with E-state index in [1.54, 1.807) is 53.8 Å². The van der Waals surface area contributed by atoms with Crippen LogP contribution in [-0.4, -0.2) is 221 Å². The van der Waals surface area contributed by atoms with E-state index < -0.39 is 138 Å². The Morgan fingerprint density at radius 1 is 0.465 bits per heavy atom. The Morgan fingerprint density at radius 3 is 1.33 bits per heavy atom. The second kappa shape index (κ2) is 36.9. The molecule has 0 radical (unpaired) electrons. The van der Waals surface area contributed by atoms with E-state index >= 15 is 14.4 Å². The molecule has 0 fully saturated rings. The lowest BCUT2D eigenvalue weighted by Gasteiger charge is -2.41. The minimum Gasteiger partial charge on any atom is -0.390 e. The zero-order valence-corrected chi connectivity index (χ0v) is 57.1. The molecule has 0 aromatic carbocycles. The topological polar surface area (TPSA) is 293 Å². The fourth-order valence-corrected chi connectivity index (χ4v) is 10.2. The van der Waals surface area contributed by atoms with Crippen molar-refractivity contribution >= 4 is 65.0 Å². The lowest BCUT2D eigenvalue weighted by molar-refractivity contribution is -0.157. The van der Waals surface area contributed by atoms with E-state index in [1.165, 1.54) is 75.7 Å². The van der Waals surface area contributed by atoms with Crippen LogP contribution < -0.4 is 21.7 Å². The smallest absolute Gasteiger partial charge is 0.246 e. The van der Waals surface area contributed by atoms with Crippen LogP contribution in [-0.2, 0) is 52.7 Å². The summed E-state index contributed by atoms with van der Waals surface area (Å²) >= 11 is 0. The number of nitrogens with zero attached hydrogens (tertiary/aromatic N) is 7. The third kappa shape index (κ3) is 23.5. The molecular weight excluding hydrogens is 1100 g/mol. The first-order valence-electron chi connectivity index (χ1n) is 30.9. The van der Waals surface area contributed by atoms with Gasteiger partial charge in [-0.05, 0) is 101 Å². The van der Waals surface area contributed by atoms with Crippen LogP contribution in [0.5, 0.6) is 0 Å². The molecule has 0 rings (SSSR count). The zero-order chi connectivity index (χ0) is 67.3. The van der Waals surface area contributed by atoms with Gasteiger partial charge < -0.3 is 61.1 Å². The monoisotopic (exact) mass is 1220 g/mol. The summed E-state index contributed by atoms with van der Waals surface area (Å²) in [5.74, 6) is -8.51. The summed E-state index contributed by atoms with van der Waals surface area (Å²) in [6, 6.07) is -10.4. The molecule has 0 aromatic heterocycles. The quantitative estimate of drug-likeness (QED) is 0.0559. The highest BCUT2D eigenvalue weighted by Gasteiger charge is 2.45. The van der Waals surface area contributed by atoms with Crippen LogP contribution in [0, 0.1) is 47.3 Å². The summed E-state index contributed by atoms with van der Waals surface area (Å²) < 4.78 is 0. The van der Waals surface area contributed by atoms with Crippen LogP contribution >= 0.6 is 0 Å². The van der Waals surface area contributed by atoms with Crippen molar-refractivity contribution in [3.8, 4) is 0 Å². The van der Waals surface area contributed by atoms with Crippen molar-refractivity contribution in [2.45, 2.75) is 224 Å². The van der Waals surface area contributed by atoms with Crippen LogP contribution in [0.4, 0.5) is 0 Å². The van der Waals surface area contributed by atoms with Crippen molar-refractivity contribution in [3.63, 3.8) is 0 Å². The maximum absolute atomic E-state index is 15.1. The largest absolute Gasteiger partial charge is 0.390 e. The van der Waals surface area contributed by atoms with Gasteiger partial charge >= 0.3 is 0 Å². The number of aliphatic hydroxyl groups is 1. The van der Waals surface area contributed by atoms with Crippen molar-refractivity contribution in [1.29, 1.82) is 0 Å². The number of likely N-dealkylation sites (N-methyl/N-ethyl adjacent to an activating group) is 7. The number of hydrogen-bond donors (Lipinski definition) is 5. The van der Waals surface area contributed by atoms with Crippen molar-refractivity contribution in [3.05, 3.63) is 12.2 Å². The second-order valence-corrected chi connectivity index (χ2v) is 26.3. The Hall–Kier alpha value is -6.13. The third-order valence-corrected chi connectivity index (χ3v) is 16.4. The minimum absolute atomic E-state index is 0.0339. The molecule has 0 saturated carbocycles. The number of rotatable bonds is 36. The first-order valence-corrected chi connectivity index (χ1v) is 30.9. The van der Waals surface area contributed by atoms with Crippen LogP contribution in [0.1, 0.15) is 163 Å². The number of allylic oxidation sites excluding steroid dienone is 2. The van der Waals surface area contributed by atoms with Gasteiger partial charge in [0, 0.05) is 55.3 Å². The van der Waals surface area contributed by atoms with Gasteiger partial charge in [-0.1, -0.05) is 116 Å². The van der Waals surface area contributed by atoms with Crippen molar-refractivity contribution in [1.82, 2.24) is 50.2 Å². The third-order valence-electron chi connectivity index (χ3n) is 16.4. The lowest BCUT2D eigenvalue weighted by atomic mass is 9.91. The number of hydrogen-bond acceptors (Lipinski definition) is 12. The van der Waals surface area contributed by atoms with Crippen LogP contribution in [0.2, 0.25) is 0 Å². The first kappa shape index (κ1) is 79.9. The Bertz CT molecular complexity index is 2310. The summed E-state index contributed by atoms with van der Waals surface area (Å²) in [6.07, 6.45) is 3.34. The standard InChI is InChI=1S/C63H115N11O12/c1-26-28-29-41(15)53(76)52(57(80)66-45(27-2)60(83)68(19)34-50(75)69(20)44(18)54(64)77)74(25)63(86)51(40(13)14)73(24)62(85)49(33-38(9)10)72(23)61(84)48(32-37(7)8)71(22)59(82)43(17)65-55(78)46(30-35(3)4)67-56(79)47(31-36(5)6)70(21)58(81)42(16)39(11)12/h26,28,35-49,51-53,76H,27,29-34H2,1-25H3,(H2,64,77)(H,65,78)(H,66,80)(H,67,79)/b28-26-/t41-,42-,43+,44-,45+,46-,47+,48-,49-,51-,52?,53+/m1/s1. The van der Waals surface area contributed by atoms with E-state index in [4.69, 9.17) is 5.73 Å². The van der Waals surface area contributed by atoms with Crippen LogP contribution in [0.25, 0.3) is 0 Å². The van der Waals surface area contributed by atoms with E-state index in [0.29, 0.717) is 12.8 Å². The fourth-order valence-electron chi connectivity index (χ4n) is 10.2. The average molecular weight is 1220 g/mol. The number of primary amides is 1. The molecule has 0 saturated heterocycles. The van der Waals surface area contributed by atoms with Gasteiger partial charge in [-0.15, -0.1) is 0 Å². The van der Waals surface area contributed by atoms with Crippen molar-refractivity contribution < 1.29 is 57.8 Å². The molecule has 12 atom stereocenters. The summed E-state index contributed by atoms with van der Waals surface area (Å²) in [6.45, 7) is 32.0. The molecular formula is C63H115N11O12. The van der Waals surface area contributed by atoms with Gasteiger partial charge in [0.15, 0.2) is 0 Å². The van der Waals surface area contributed by atoms with Crippen LogP contribution in [0.3, 0.4) is 0 Å². The number of nitrogens with two attached hydrogens (primary N) is 1. The van der Waals surface area contributed by atoms with Gasteiger partial charge in [-0.2, -0.15) is 0 Å². The molecule has 0 bridgehead atoms. The Balaban J connectivity index is 7.20. The molecule has 11 amide bonds. The molecule has 494 valence electrons. The highest BCUT2D eigenvalue weighted by Crippen LogP contribution is 2.26. The normalized spacial score (nSPS) is 16.0. The molecule has 23 nitrogen and oxygen atoms in total. The van der Waals surface area contributed by atoms with Gasteiger partial charge in [0.2, 0.25) is 65.0 Å². The fraction of sp³-hybridized carbons (Fsp3) is 0.794. The van der Waals surface area contributed by atoms with Gasteiger partial charge in [-0.25, -0.2) is 0 Å². The van der Waals surface area contributed by atoms with Gasteiger partial charge in [0.05, 0.1) is 12.6 Å². The molecule has 0 aliphatic heterocycles. The summed E-state index contributed by atoms with van der Waals surface area (Å²) in [4.78, 5) is 163. The zero-order valence-electron chi connectivity index (χ0n) is 57.1. The van der Waals surface area contributed by atoms with E-state index in [9.17, 15) is 43.5 Å². The number of carbonyl (C=O) groups excluding carboxylic acids is 11. The molecule has 0 aliphatic rings. The molecule has 6 N–H and O–H groups in total. The van der Waals surface area contributed by atoms with E-state index in [1.807, 2.05) is 76.2 Å². The molecule has 0 heterocycles. The summed E-state index contributed by atoms with van der Waals surface area (Å²) in [7, 11) is 10.0. The maximum atomic E-state index is 15.1. The van der Waals surface area contributed by atoms with E-state index in [-0.39, 0.29) is 67.1 Å². The summed E-state index contributed by atoms with van der Waals surface area (Å²) in [5, 5.41) is 20.4. The molecule has 0 aliphatic carbocycles. The Kier molecular flexibility index (Phi) is 34.3. The predicted octanol–water partition coefficient (Wildman–Crippen LogP) is 3.89. The number of nitrogens with one attached hydrogen (secondary N) is 3. The first-order chi connectivity index (χ1) is 39.5. The Morgan fingerprint density at radius 2 is 0.895 bits per heavy atom. The molecule has 1 unspecified atom stereocenters. The van der Waals surface area contributed by atoms with Gasteiger partial charge in [-0.3, -0.25) is 52.7 Å². The van der Waals surface area contributed by atoms with Crippen LogP contribution in [0.15, 0.2) is 12.2 Å². The predicted molar refractivity (Wildman–Crippen MR) is 335 cm³/mol. The average Bonchev–Trinajstić information content (AvgIpc) is 2.35. The number of carbonyl (C=O) groups is 11. The SMILES string of the molecule is C/C=C\C[C@@H](C)[C@H](O)C(C(=O)N[C@@H](CC)C(=O)N(C)CC(=O)N(C)[C@H](C)C(N)=O)N(C)C(=O)[C@@H](C(C)C)N(C)C(=O)[C@@H](CC(C)C)N(C)C(=O)[C@@H](CC(C)C)N(C)C(=O)[C@H](C)NC(=O)[C@@H](CC(C)C)NC(=O)[C@H](CC(C)C)N(C)C(=O)[C@H](C)C(C)C. The molecule has 0 aromatic rings. The number of aliphatic hydroxyl groups excluding tert-OH is 1. The van der Waals surface area contributed by atoms with E-state index in [2.05, 4.69) is 16.0 Å². The molecule has 0 spiro atoms. The highest BCUT2D eigenvalue weighted by atomic mass is 16.3. The van der Waals surface area contributed by atoms with Gasteiger partial charge in [0.25, 0.3) is 0 Å². The summed E-state index contributed by atoms with van der Waals surface area (Å²) in [5.41, 5.74) is 5.39. The Labute approximate surface area is 516 Å². The molecule has 86 heavy (non-hydrogen) atoms. The van der Waals surface area contributed by atoms with Gasteiger partial charge in [0.1, 0.15) is 54.4 Å². The second-order valence-electron chi connectivity index (χ2n) is 26.3. The van der Waals surface area contributed by atoms with E-state index in [0.717, 1.165) is 14.7 Å². The van der Waals surface area contributed by atoms with Crippen molar-refractivity contribution in [2.75, 3.05) is 55.9 Å².